The minimum absolute atomic E-state index is 0.0379. The molecule has 1 heterocycles. The summed E-state index contributed by atoms with van der Waals surface area (Å²) in [6, 6.07) is 2.36. The number of aromatic hydroxyl groups is 1. The number of nitrogens with one attached hydrogen (secondary N) is 1. The lowest BCUT2D eigenvalue weighted by molar-refractivity contribution is -0.385. The van der Waals surface area contributed by atoms with E-state index in [0.717, 1.165) is 11.6 Å². The van der Waals surface area contributed by atoms with E-state index >= 15 is 0 Å². The fraction of sp³-hybridized carbons (Fsp3) is 0.400. The number of rotatable bonds is 12. The highest BCUT2D eigenvalue weighted by Gasteiger charge is 2.27. The predicted molar refractivity (Wildman–Crippen MR) is 125 cm³/mol. The van der Waals surface area contributed by atoms with Gasteiger partial charge in [0.1, 0.15) is 5.16 Å². The summed E-state index contributed by atoms with van der Waals surface area (Å²) in [4.78, 5) is 15.0. The van der Waals surface area contributed by atoms with Crippen molar-refractivity contribution in [1.82, 2.24) is 15.6 Å². The van der Waals surface area contributed by atoms with Gasteiger partial charge in [-0.1, -0.05) is 29.3 Å². The van der Waals surface area contributed by atoms with Crippen LogP contribution in [0.5, 0.6) is 11.5 Å². The molecular weight excluding hydrogens is 491 g/mol. The highest BCUT2D eigenvalue weighted by molar-refractivity contribution is 7.42. The lowest BCUT2D eigenvalue weighted by Crippen LogP contribution is -2.07. The number of benzene rings is 1. The summed E-state index contributed by atoms with van der Waals surface area (Å²) in [6.45, 7) is 9.61. The first-order valence-corrected chi connectivity index (χ1v) is 11.7. The molecule has 2 rings (SSSR count). The third kappa shape index (κ3) is 6.43. The molecule has 0 aliphatic heterocycles. The molecule has 0 spiro atoms. The van der Waals surface area contributed by atoms with Gasteiger partial charge in [0.05, 0.1) is 29.3 Å². The topological polar surface area (TPSA) is 162 Å². The minimum Gasteiger partial charge on any atom is -0.500 e. The van der Waals surface area contributed by atoms with Gasteiger partial charge in [0.2, 0.25) is 11.6 Å². The molecule has 1 aromatic carbocycles. The first kappa shape index (κ1) is 27.5. The number of hydroxylamine groups is 1. The number of hydrogen-bond donors (Lipinski definition) is 3. The van der Waals surface area contributed by atoms with Gasteiger partial charge in [-0.15, -0.1) is 0 Å². The van der Waals surface area contributed by atoms with Crippen molar-refractivity contribution in [2.45, 2.75) is 41.0 Å². The number of halogens is 1. The van der Waals surface area contributed by atoms with E-state index in [0.29, 0.717) is 17.6 Å². The van der Waals surface area contributed by atoms with Crippen LogP contribution in [0.2, 0.25) is 0 Å². The Kier molecular flexibility index (Phi) is 10.2. The average Bonchev–Trinajstić information content (AvgIpc) is 3.29. The Bertz CT molecular complexity index is 1080. The van der Waals surface area contributed by atoms with E-state index in [1.54, 1.807) is 20.8 Å². The molecule has 0 aliphatic carbocycles. The predicted octanol–water partition coefficient (Wildman–Crippen LogP) is 5.66. The molecule has 0 aliphatic rings. The minimum atomic E-state index is -1.92. The first-order chi connectivity index (χ1) is 16.2. The smallest absolute Gasteiger partial charge is 0.397 e. The number of phenols is 1. The van der Waals surface area contributed by atoms with E-state index < -0.39 is 25.0 Å². The molecule has 0 bridgehead atoms. The summed E-state index contributed by atoms with van der Waals surface area (Å²) in [7, 11) is -1.92. The maximum atomic E-state index is 11.5. The molecule has 14 heteroatoms. The van der Waals surface area contributed by atoms with Gasteiger partial charge in [0.25, 0.3) is 5.89 Å². The Hall–Kier alpha value is -2.76. The van der Waals surface area contributed by atoms with Crippen LogP contribution in [-0.2, 0) is 9.05 Å². The van der Waals surface area contributed by atoms with Gasteiger partial charge in [-0.25, -0.2) is 0 Å². The number of allylic oxidation sites excluding steroid dienone is 3. The fourth-order valence-electron chi connectivity index (χ4n) is 2.71. The van der Waals surface area contributed by atoms with Crippen LogP contribution in [-0.4, -0.2) is 38.6 Å². The van der Waals surface area contributed by atoms with Crippen LogP contribution in [0.1, 0.15) is 46.9 Å². The number of aromatic nitrogens is 2. The van der Waals surface area contributed by atoms with Gasteiger partial charge in [0, 0.05) is 6.07 Å². The Labute approximate surface area is 202 Å². The average molecular weight is 517 g/mol. The highest BCUT2D eigenvalue weighted by atomic mass is 35.5. The van der Waals surface area contributed by atoms with Crippen LogP contribution in [0.3, 0.4) is 0 Å². The fourth-order valence-corrected chi connectivity index (χ4v) is 3.84. The molecule has 34 heavy (non-hydrogen) atoms. The number of nitrogens with zero attached hydrogens (tertiary/aromatic N) is 3. The molecule has 0 radical (unpaired) electrons. The van der Waals surface area contributed by atoms with Crippen LogP contribution < -0.4 is 10.0 Å². The van der Waals surface area contributed by atoms with E-state index in [1.165, 1.54) is 6.07 Å². The molecular formula is C20H26ClN4O8P. The monoisotopic (exact) mass is 516 g/mol. The van der Waals surface area contributed by atoms with Crippen molar-refractivity contribution in [3.05, 3.63) is 44.4 Å². The van der Waals surface area contributed by atoms with Crippen molar-refractivity contribution in [2.24, 2.45) is 0 Å². The summed E-state index contributed by atoms with van der Waals surface area (Å²) in [5, 5.41) is 35.0. The normalized spacial score (nSPS) is 12.9. The molecule has 12 nitrogen and oxygen atoms in total. The SMILES string of the molecule is CCOP(OCC)Oc1cc(-c2nc(C(=C(\Cl)NO)/C(C)=C(/C)CC)no2)cc([N+](=O)[O-])c1O. The van der Waals surface area contributed by atoms with Gasteiger partial charge < -0.3 is 23.2 Å². The molecule has 1 aromatic heterocycles. The molecule has 3 N–H and O–H groups in total. The largest absolute Gasteiger partial charge is 0.500 e. The molecule has 0 unspecified atom stereocenters. The van der Waals surface area contributed by atoms with E-state index in [-0.39, 0.29) is 41.4 Å². The van der Waals surface area contributed by atoms with Crippen molar-refractivity contribution in [3.63, 3.8) is 0 Å². The van der Waals surface area contributed by atoms with Crippen LogP contribution in [0.15, 0.2) is 33.0 Å². The number of phenolic OH excluding ortho intramolecular Hbond substituents is 1. The lowest BCUT2D eigenvalue weighted by Gasteiger charge is -2.16. The van der Waals surface area contributed by atoms with Crippen molar-refractivity contribution >= 4 is 31.5 Å². The molecule has 0 amide bonds. The molecule has 0 atom stereocenters. The van der Waals surface area contributed by atoms with Crippen molar-refractivity contribution in [3.8, 4) is 23.0 Å². The van der Waals surface area contributed by atoms with Gasteiger partial charge in [-0.3, -0.25) is 20.8 Å². The zero-order valence-electron chi connectivity index (χ0n) is 19.3. The molecule has 186 valence electrons. The number of nitro benzene ring substituents is 1. The van der Waals surface area contributed by atoms with Gasteiger partial charge in [0.15, 0.2) is 5.75 Å². The lowest BCUT2D eigenvalue weighted by atomic mass is 10.0. The van der Waals surface area contributed by atoms with Gasteiger partial charge in [-0.05, 0) is 45.8 Å². The summed E-state index contributed by atoms with van der Waals surface area (Å²) < 4.78 is 21.6. The summed E-state index contributed by atoms with van der Waals surface area (Å²) >= 11 is 6.14. The quantitative estimate of drug-likeness (QED) is 0.105. The Morgan fingerprint density at radius 1 is 1.26 bits per heavy atom. The third-order valence-electron chi connectivity index (χ3n) is 4.65. The van der Waals surface area contributed by atoms with Crippen molar-refractivity contribution < 1.29 is 33.3 Å². The molecule has 0 fully saturated rings. The highest BCUT2D eigenvalue weighted by Crippen LogP contribution is 2.48. The van der Waals surface area contributed by atoms with E-state index in [9.17, 15) is 20.4 Å². The maximum absolute atomic E-state index is 11.5. The van der Waals surface area contributed by atoms with Gasteiger partial charge >= 0.3 is 14.3 Å². The Balaban J connectivity index is 2.60. The summed E-state index contributed by atoms with van der Waals surface area (Å²) in [5.74, 6) is -1.02. The van der Waals surface area contributed by atoms with E-state index in [2.05, 4.69) is 10.1 Å². The third-order valence-corrected chi connectivity index (χ3v) is 6.21. The van der Waals surface area contributed by atoms with Crippen molar-refractivity contribution in [2.75, 3.05) is 13.2 Å². The first-order valence-electron chi connectivity index (χ1n) is 10.2. The Morgan fingerprint density at radius 3 is 2.44 bits per heavy atom. The van der Waals surface area contributed by atoms with Gasteiger partial charge in [-0.2, -0.15) is 4.98 Å². The standard InChI is InChI=1S/C20H26ClN4O8P/c1-6-11(4)12(5)16(18(21)23-27)19-22-20(32-24-19)13-9-14(25(28)29)17(26)15(10-13)33-34(30-7-2)31-8-3/h9-10,23,26-27H,6-8H2,1-5H3/b12-11-,18-16+. The van der Waals surface area contributed by atoms with E-state index in [4.69, 9.17) is 29.7 Å². The zero-order valence-corrected chi connectivity index (χ0v) is 20.9. The second-order valence-electron chi connectivity index (χ2n) is 6.73. The maximum Gasteiger partial charge on any atom is 0.397 e. The van der Waals surface area contributed by atoms with Crippen molar-refractivity contribution in [1.29, 1.82) is 0 Å². The van der Waals surface area contributed by atoms with Crippen LogP contribution in [0, 0.1) is 10.1 Å². The second kappa shape index (κ2) is 12.6. The Morgan fingerprint density at radius 2 is 1.91 bits per heavy atom. The molecule has 0 saturated carbocycles. The van der Waals surface area contributed by atoms with Crippen LogP contribution >= 0.6 is 20.2 Å². The number of hydrogen-bond acceptors (Lipinski definition) is 11. The second-order valence-corrected chi connectivity index (χ2v) is 8.26. The van der Waals surface area contributed by atoms with E-state index in [1.807, 2.05) is 19.3 Å². The zero-order chi connectivity index (χ0) is 25.4. The van der Waals surface area contributed by atoms with Crippen LogP contribution in [0.4, 0.5) is 5.69 Å². The number of nitro groups is 1. The summed E-state index contributed by atoms with van der Waals surface area (Å²) in [5.41, 5.74) is 3.30. The summed E-state index contributed by atoms with van der Waals surface area (Å²) in [6.07, 6.45) is 0.711. The molecule has 0 saturated heterocycles. The van der Waals surface area contributed by atoms with Crippen LogP contribution in [0.25, 0.3) is 17.0 Å². The molecule has 2 aromatic rings.